The van der Waals surface area contributed by atoms with Gasteiger partial charge in [0.25, 0.3) is 10.0 Å². The number of sulfonamides is 1. The van der Waals surface area contributed by atoms with Gasteiger partial charge in [0.2, 0.25) is 5.91 Å². The number of hydrogen-bond acceptors (Lipinski definition) is 4. The van der Waals surface area contributed by atoms with Crippen molar-refractivity contribution < 1.29 is 17.9 Å². The first kappa shape index (κ1) is 24.1. The molecule has 3 aromatic carbocycles. The van der Waals surface area contributed by atoms with Gasteiger partial charge in [-0.05, 0) is 63.2 Å². The zero-order valence-electron chi connectivity index (χ0n) is 19.3. The van der Waals surface area contributed by atoms with Crippen LogP contribution in [0.5, 0.6) is 5.75 Å². The lowest BCUT2D eigenvalue weighted by Crippen LogP contribution is -2.45. The van der Waals surface area contributed by atoms with Gasteiger partial charge in [-0.25, -0.2) is 8.42 Å². The average molecular weight is 499 g/mol. The van der Waals surface area contributed by atoms with Crippen LogP contribution in [0.1, 0.15) is 37.4 Å². The van der Waals surface area contributed by atoms with Gasteiger partial charge in [0.05, 0.1) is 16.6 Å². The van der Waals surface area contributed by atoms with Crippen LogP contribution in [0, 0.1) is 6.92 Å². The Bertz CT molecular complexity index is 1290. The molecule has 178 valence electrons. The first-order valence-corrected chi connectivity index (χ1v) is 12.8. The van der Waals surface area contributed by atoms with Crippen molar-refractivity contribution in [2.24, 2.45) is 0 Å². The number of anilines is 1. The maximum absolute atomic E-state index is 13.5. The molecule has 3 aromatic rings. The number of para-hydroxylation sites is 1. The van der Waals surface area contributed by atoms with Crippen molar-refractivity contribution in [3.63, 3.8) is 0 Å². The number of ether oxygens (including phenoxy) is 1. The minimum Gasteiger partial charge on any atom is -0.487 e. The number of fused-ring (bicyclic) bond motifs is 1. The molecule has 0 aromatic heterocycles. The molecule has 1 unspecified atom stereocenters. The van der Waals surface area contributed by atoms with Gasteiger partial charge in [0.1, 0.15) is 17.9 Å². The Labute approximate surface area is 205 Å². The molecule has 1 N–H and O–H groups in total. The summed E-state index contributed by atoms with van der Waals surface area (Å²) in [5.74, 6) is 0.309. The van der Waals surface area contributed by atoms with Crippen LogP contribution >= 0.6 is 11.6 Å². The van der Waals surface area contributed by atoms with Crippen LogP contribution in [0.4, 0.5) is 5.69 Å². The van der Waals surface area contributed by atoms with Crippen LogP contribution in [0.2, 0.25) is 5.02 Å². The van der Waals surface area contributed by atoms with Crippen LogP contribution in [-0.4, -0.2) is 26.5 Å². The largest absolute Gasteiger partial charge is 0.487 e. The van der Waals surface area contributed by atoms with E-state index < -0.39 is 21.5 Å². The molecule has 34 heavy (non-hydrogen) atoms. The molecule has 6 nitrogen and oxygen atoms in total. The number of nitrogens with one attached hydrogen (secondary N) is 1. The maximum atomic E-state index is 13.5. The number of nitrogens with zero attached hydrogens (tertiary/aromatic N) is 1. The van der Waals surface area contributed by atoms with Crippen LogP contribution in [0.15, 0.2) is 77.7 Å². The summed E-state index contributed by atoms with van der Waals surface area (Å²) in [4.78, 5) is 13.3. The normalized spacial score (nSPS) is 16.8. The Balaban J connectivity index is 1.64. The molecule has 8 heteroatoms. The first-order valence-electron chi connectivity index (χ1n) is 11.0. The second-order valence-corrected chi connectivity index (χ2v) is 11.3. The fourth-order valence-corrected chi connectivity index (χ4v) is 5.61. The number of halogens is 1. The molecule has 0 saturated heterocycles. The molecular weight excluding hydrogens is 472 g/mol. The van der Waals surface area contributed by atoms with Crippen molar-refractivity contribution in [3.05, 3.63) is 88.9 Å². The summed E-state index contributed by atoms with van der Waals surface area (Å²) in [6.07, 6.45) is 0.560. The van der Waals surface area contributed by atoms with Crippen molar-refractivity contribution in [1.82, 2.24) is 5.32 Å². The van der Waals surface area contributed by atoms with Crippen molar-refractivity contribution in [1.29, 1.82) is 0 Å². The fraction of sp³-hybridized carbons (Fsp3) is 0.269. The second kappa shape index (κ2) is 9.31. The molecule has 0 saturated carbocycles. The van der Waals surface area contributed by atoms with Crippen LogP contribution in [-0.2, 0) is 14.8 Å². The van der Waals surface area contributed by atoms with Gasteiger partial charge in [0.15, 0.2) is 0 Å². The van der Waals surface area contributed by atoms with E-state index in [-0.39, 0.29) is 17.5 Å². The highest BCUT2D eigenvalue weighted by Crippen LogP contribution is 2.39. The summed E-state index contributed by atoms with van der Waals surface area (Å²) in [5, 5.41) is 3.46. The van der Waals surface area contributed by atoms with Crippen molar-refractivity contribution in [2.75, 3.05) is 10.8 Å². The van der Waals surface area contributed by atoms with E-state index in [0.717, 1.165) is 15.4 Å². The summed E-state index contributed by atoms with van der Waals surface area (Å²) in [6.45, 7) is 5.48. The Hall–Kier alpha value is -3.03. The van der Waals surface area contributed by atoms with Gasteiger partial charge in [0, 0.05) is 17.0 Å². The smallest absolute Gasteiger partial charge is 0.264 e. The van der Waals surface area contributed by atoms with E-state index in [1.54, 1.807) is 12.1 Å². The summed E-state index contributed by atoms with van der Waals surface area (Å²) < 4.78 is 34.3. The summed E-state index contributed by atoms with van der Waals surface area (Å²) in [5.41, 5.74) is 1.79. The highest BCUT2D eigenvalue weighted by Gasteiger charge is 2.35. The Morgan fingerprint density at radius 1 is 1.06 bits per heavy atom. The van der Waals surface area contributed by atoms with E-state index in [9.17, 15) is 13.2 Å². The SMILES string of the molecule is Cc1ccc(N(CC(=O)NC2CC(C)(C)Oc3ccccc32)S(=O)(=O)c2ccc(Cl)cc2)cc1. The molecule has 1 aliphatic rings. The lowest BCUT2D eigenvalue weighted by atomic mass is 9.89. The monoisotopic (exact) mass is 498 g/mol. The highest BCUT2D eigenvalue weighted by molar-refractivity contribution is 7.92. The van der Waals surface area contributed by atoms with Crippen LogP contribution in [0.25, 0.3) is 0 Å². The highest BCUT2D eigenvalue weighted by atomic mass is 35.5. The topological polar surface area (TPSA) is 75.7 Å². The molecule has 1 aliphatic heterocycles. The van der Waals surface area contributed by atoms with Crippen LogP contribution in [0.3, 0.4) is 0 Å². The molecule has 1 atom stereocenters. The molecule has 4 rings (SSSR count). The Morgan fingerprint density at radius 2 is 1.71 bits per heavy atom. The van der Waals surface area contributed by atoms with E-state index in [0.29, 0.717) is 22.9 Å². The maximum Gasteiger partial charge on any atom is 0.264 e. The zero-order valence-corrected chi connectivity index (χ0v) is 20.9. The number of benzene rings is 3. The fourth-order valence-electron chi connectivity index (χ4n) is 4.06. The molecular formula is C26H27ClN2O4S. The third-order valence-electron chi connectivity index (χ3n) is 5.72. The third kappa shape index (κ3) is 5.21. The zero-order chi connectivity index (χ0) is 24.5. The number of hydrogen-bond donors (Lipinski definition) is 1. The van der Waals surface area contributed by atoms with Gasteiger partial charge in [-0.15, -0.1) is 0 Å². The predicted octanol–water partition coefficient (Wildman–Crippen LogP) is 5.26. The number of amides is 1. The summed E-state index contributed by atoms with van der Waals surface area (Å²) in [7, 11) is -4.01. The summed E-state index contributed by atoms with van der Waals surface area (Å²) in [6, 6.07) is 20.2. The van der Waals surface area contributed by atoms with E-state index in [4.69, 9.17) is 16.3 Å². The number of carbonyl (C=O) groups is 1. The van der Waals surface area contributed by atoms with Gasteiger partial charge < -0.3 is 10.1 Å². The van der Waals surface area contributed by atoms with Crippen LogP contribution < -0.4 is 14.4 Å². The average Bonchev–Trinajstić information content (AvgIpc) is 2.77. The minimum atomic E-state index is -4.01. The summed E-state index contributed by atoms with van der Waals surface area (Å²) >= 11 is 5.95. The predicted molar refractivity (Wildman–Crippen MR) is 134 cm³/mol. The van der Waals surface area contributed by atoms with E-state index in [1.165, 1.54) is 24.3 Å². The molecule has 1 heterocycles. The van der Waals surface area contributed by atoms with Gasteiger partial charge in [-0.3, -0.25) is 9.10 Å². The quantitative estimate of drug-likeness (QED) is 0.503. The third-order valence-corrected chi connectivity index (χ3v) is 7.76. The number of rotatable bonds is 6. The second-order valence-electron chi connectivity index (χ2n) is 9.02. The molecule has 1 amide bonds. The Morgan fingerprint density at radius 3 is 2.38 bits per heavy atom. The van der Waals surface area contributed by atoms with Crippen molar-refractivity contribution in [3.8, 4) is 5.75 Å². The first-order chi connectivity index (χ1) is 16.0. The standard InChI is InChI=1S/C26H27ClN2O4S/c1-18-8-12-20(13-9-18)29(34(31,32)21-14-10-19(27)11-15-21)17-25(30)28-23-16-26(2,3)33-24-7-5-4-6-22(23)24/h4-15,23H,16-17H2,1-3H3,(H,28,30). The van der Waals surface area contributed by atoms with E-state index >= 15 is 0 Å². The lowest BCUT2D eigenvalue weighted by Gasteiger charge is -2.38. The number of carbonyl (C=O) groups excluding carboxylic acids is 1. The minimum absolute atomic E-state index is 0.0582. The van der Waals surface area contributed by atoms with Gasteiger partial charge in [-0.2, -0.15) is 0 Å². The molecule has 0 spiro atoms. The Kier molecular flexibility index (Phi) is 6.60. The van der Waals surface area contributed by atoms with E-state index in [2.05, 4.69) is 5.32 Å². The van der Waals surface area contributed by atoms with Gasteiger partial charge >= 0.3 is 0 Å². The van der Waals surface area contributed by atoms with E-state index in [1.807, 2.05) is 57.2 Å². The molecule has 0 aliphatic carbocycles. The molecule has 0 radical (unpaired) electrons. The lowest BCUT2D eigenvalue weighted by molar-refractivity contribution is -0.120. The number of aryl methyl sites for hydroxylation is 1. The van der Waals surface area contributed by atoms with Gasteiger partial charge in [-0.1, -0.05) is 47.5 Å². The van der Waals surface area contributed by atoms with Crippen molar-refractivity contribution >= 4 is 33.2 Å². The molecule has 0 fully saturated rings. The van der Waals surface area contributed by atoms with Crippen molar-refractivity contribution in [2.45, 2.75) is 43.7 Å². The molecule has 0 bridgehead atoms.